The number of thiazole rings is 1. The van der Waals surface area contributed by atoms with Crippen LogP contribution < -0.4 is 5.73 Å². The third-order valence-corrected chi connectivity index (χ3v) is 4.58. The van der Waals surface area contributed by atoms with Gasteiger partial charge in [-0.15, -0.1) is 11.3 Å². The highest BCUT2D eigenvalue weighted by molar-refractivity contribution is 7.09. The van der Waals surface area contributed by atoms with Crippen molar-refractivity contribution in [3.63, 3.8) is 0 Å². The van der Waals surface area contributed by atoms with E-state index in [4.69, 9.17) is 10.7 Å². The molecule has 0 fully saturated rings. The Hall–Kier alpha value is -1.69. The van der Waals surface area contributed by atoms with Gasteiger partial charge in [-0.2, -0.15) is 0 Å². The smallest absolute Gasteiger partial charge is 0.115 e. The minimum Gasteiger partial charge on any atom is -0.361 e. The van der Waals surface area contributed by atoms with Crippen molar-refractivity contribution in [3.05, 3.63) is 52.1 Å². The average Bonchev–Trinajstić information content (AvgIpc) is 3.08. The van der Waals surface area contributed by atoms with Crippen molar-refractivity contribution < 1.29 is 0 Å². The molecule has 0 aliphatic rings. The van der Waals surface area contributed by atoms with Gasteiger partial charge in [0.2, 0.25) is 0 Å². The summed E-state index contributed by atoms with van der Waals surface area (Å²) < 4.78 is 0. The standard InChI is InChI=1S/C16H20N4S/c1-20(2)15(16-19-11(7-8-17)10-21-16)13-9-18-14-6-4-3-5-12(13)14/h3-6,9-10,15,18H,7-8,17H2,1-2H3. The second kappa shape index (κ2) is 5.97. The van der Waals surface area contributed by atoms with Crippen LogP contribution in [0.1, 0.15) is 22.3 Å². The molecule has 110 valence electrons. The van der Waals surface area contributed by atoms with Gasteiger partial charge in [-0.05, 0) is 26.7 Å². The zero-order valence-corrected chi connectivity index (χ0v) is 13.2. The summed E-state index contributed by atoms with van der Waals surface area (Å²) in [5.74, 6) is 0. The zero-order valence-electron chi connectivity index (χ0n) is 12.3. The van der Waals surface area contributed by atoms with Crippen LogP contribution >= 0.6 is 11.3 Å². The van der Waals surface area contributed by atoms with Crippen LogP contribution in [-0.4, -0.2) is 35.5 Å². The highest BCUT2D eigenvalue weighted by atomic mass is 32.1. The van der Waals surface area contributed by atoms with E-state index in [1.807, 2.05) is 0 Å². The topological polar surface area (TPSA) is 57.9 Å². The third kappa shape index (κ3) is 2.72. The lowest BCUT2D eigenvalue weighted by Crippen LogP contribution is -2.20. The van der Waals surface area contributed by atoms with E-state index < -0.39 is 0 Å². The number of nitrogens with one attached hydrogen (secondary N) is 1. The lowest BCUT2D eigenvalue weighted by molar-refractivity contribution is 0.343. The summed E-state index contributed by atoms with van der Waals surface area (Å²) in [4.78, 5) is 10.3. The first-order chi connectivity index (χ1) is 10.2. The van der Waals surface area contributed by atoms with Crippen LogP contribution in [0.3, 0.4) is 0 Å². The van der Waals surface area contributed by atoms with Gasteiger partial charge in [0.15, 0.2) is 0 Å². The summed E-state index contributed by atoms with van der Waals surface area (Å²) in [6, 6.07) is 8.56. The number of hydrogen-bond donors (Lipinski definition) is 2. The molecular formula is C16H20N4S. The van der Waals surface area contributed by atoms with Gasteiger partial charge in [0, 0.05) is 34.5 Å². The summed E-state index contributed by atoms with van der Waals surface area (Å²) in [5.41, 5.74) is 9.14. The fraction of sp³-hybridized carbons (Fsp3) is 0.312. The van der Waals surface area contributed by atoms with Crippen molar-refractivity contribution in [2.75, 3.05) is 20.6 Å². The van der Waals surface area contributed by atoms with Crippen molar-refractivity contribution in [1.29, 1.82) is 0 Å². The molecule has 3 aromatic rings. The molecular weight excluding hydrogens is 280 g/mol. The second-order valence-corrected chi connectivity index (χ2v) is 6.26. The molecule has 0 aliphatic carbocycles. The van der Waals surface area contributed by atoms with Gasteiger partial charge in [-0.3, -0.25) is 4.90 Å². The molecule has 0 radical (unpaired) electrons. The number of aromatic nitrogens is 2. The minimum atomic E-state index is 0.165. The predicted octanol–water partition coefficient (Wildman–Crippen LogP) is 2.78. The highest BCUT2D eigenvalue weighted by Gasteiger charge is 2.23. The van der Waals surface area contributed by atoms with Gasteiger partial charge in [0.1, 0.15) is 5.01 Å². The maximum Gasteiger partial charge on any atom is 0.115 e. The molecule has 0 saturated heterocycles. The first kappa shape index (κ1) is 14.3. The molecule has 2 heterocycles. The van der Waals surface area contributed by atoms with Crippen LogP contribution in [0.4, 0.5) is 0 Å². The Morgan fingerprint density at radius 2 is 2.14 bits per heavy atom. The predicted molar refractivity (Wildman–Crippen MR) is 88.7 cm³/mol. The van der Waals surface area contributed by atoms with Crippen LogP contribution in [0.25, 0.3) is 10.9 Å². The Balaban J connectivity index is 2.05. The lowest BCUT2D eigenvalue weighted by atomic mass is 10.1. The normalized spacial score (nSPS) is 13.1. The summed E-state index contributed by atoms with van der Waals surface area (Å²) >= 11 is 1.71. The van der Waals surface area contributed by atoms with Crippen LogP contribution in [0.5, 0.6) is 0 Å². The molecule has 2 aromatic heterocycles. The van der Waals surface area contributed by atoms with Gasteiger partial charge in [-0.25, -0.2) is 4.98 Å². The first-order valence-corrected chi connectivity index (χ1v) is 7.95. The number of rotatable bonds is 5. The Morgan fingerprint density at radius 1 is 1.33 bits per heavy atom. The maximum absolute atomic E-state index is 5.62. The van der Waals surface area contributed by atoms with Crippen LogP contribution in [0.2, 0.25) is 0 Å². The Kier molecular flexibility index (Phi) is 4.05. The molecule has 4 nitrogen and oxygen atoms in total. The van der Waals surface area contributed by atoms with Gasteiger partial charge in [0.25, 0.3) is 0 Å². The number of nitrogens with two attached hydrogens (primary N) is 1. The van der Waals surface area contributed by atoms with Gasteiger partial charge < -0.3 is 10.7 Å². The van der Waals surface area contributed by atoms with E-state index in [1.165, 1.54) is 10.9 Å². The van der Waals surface area contributed by atoms with Crippen LogP contribution in [-0.2, 0) is 6.42 Å². The van der Waals surface area contributed by atoms with Gasteiger partial charge in [-0.1, -0.05) is 18.2 Å². The number of para-hydroxylation sites is 1. The Morgan fingerprint density at radius 3 is 2.90 bits per heavy atom. The zero-order chi connectivity index (χ0) is 14.8. The molecule has 1 unspecified atom stereocenters. The molecule has 1 atom stereocenters. The van der Waals surface area contributed by atoms with E-state index in [2.05, 4.69) is 59.8 Å². The number of H-pyrrole nitrogens is 1. The number of fused-ring (bicyclic) bond motifs is 1. The maximum atomic E-state index is 5.62. The molecule has 0 spiro atoms. The molecule has 0 saturated carbocycles. The van der Waals surface area contributed by atoms with E-state index in [9.17, 15) is 0 Å². The summed E-state index contributed by atoms with van der Waals surface area (Å²) in [6.07, 6.45) is 2.93. The van der Waals surface area contributed by atoms with E-state index in [-0.39, 0.29) is 6.04 Å². The largest absolute Gasteiger partial charge is 0.361 e. The van der Waals surface area contributed by atoms with E-state index >= 15 is 0 Å². The third-order valence-electron chi connectivity index (χ3n) is 3.64. The molecule has 0 bridgehead atoms. The van der Waals surface area contributed by atoms with Crippen molar-refractivity contribution in [3.8, 4) is 0 Å². The van der Waals surface area contributed by atoms with E-state index in [0.29, 0.717) is 6.54 Å². The number of hydrogen-bond acceptors (Lipinski definition) is 4. The molecule has 0 amide bonds. The molecule has 0 aliphatic heterocycles. The minimum absolute atomic E-state index is 0.165. The molecule has 5 heteroatoms. The quantitative estimate of drug-likeness (QED) is 0.762. The number of nitrogens with zero attached hydrogens (tertiary/aromatic N) is 2. The molecule has 21 heavy (non-hydrogen) atoms. The summed E-state index contributed by atoms with van der Waals surface area (Å²) in [7, 11) is 4.19. The molecule has 3 rings (SSSR count). The number of aromatic amines is 1. The molecule has 3 N–H and O–H groups in total. The fourth-order valence-corrected chi connectivity index (χ4v) is 3.73. The van der Waals surface area contributed by atoms with Crippen molar-refractivity contribution in [2.24, 2.45) is 5.73 Å². The average molecular weight is 300 g/mol. The van der Waals surface area contributed by atoms with E-state index in [0.717, 1.165) is 22.6 Å². The van der Waals surface area contributed by atoms with E-state index in [1.54, 1.807) is 11.3 Å². The SMILES string of the molecule is CN(C)C(c1nc(CCN)cs1)c1c[nH]c2ccccc12. The number of benzene rings is 1. The van der Waals surface area contributed by atoms with Crippen molar-refractivity contribution in [2.45, 2.75) is 12.5 Å². The monoisotopic (exact) mass is 300 g/mol. The Bertz CT molecular complexity index is 729. The van der Waals surface area contributed by atoms with Gasteiger partial charge >= 0.3 is 0 Å². The van der Waals surface area contributed by atoms with Crippen LogP contribution in [0.15, 0.2) is 35.8 Å². The highest BCUT2D eigenvalue weighted by Crippen LogP contribution is 2.33. The second-order valence-electron chi connectivity index (χ2n) is 5.37. The van der Waals surface area contributed by atoms with Crippen molar-refractivity contribution >= 4 is 22.2 Å². The van der Waals surface area contributed by atoms with Gasteiger partial charge in [0.05, 0.1) is 11.7 Å². The first-order valence-electron chi connectivity index (χ1n) is 7.07. The van der Waals surface area contributed by atoms with Crippen molar-refractivity contribution in [1.82, 2.24) is 14.9 Å². The lowest BCUT2D eigenvalue weighted by Gasteiger charge is -2.22. The molecule has 1 aromatic carbocycles. The summed E-state index contributed by atoms with van der Waals surface area (Å²) in [5, 5.41) is 4.49. The van der Waals surface area contributed by atoms with Crippen LogP contribution in [0, 0.1) is 0 Å². The fourth-order valence-electron chi connectivity index (χ4n) is 2.66. The Labute approximate surface area is 128 Å². The summed E-state index contributed by atoms with van der Waals surface area (Å²) in [6.45, 7) is 0.642.